The van der Waals surface area contributed by atoms with E-state index in [-0.39, 0.29) is 24.2 Å². The molecule has 41 heavy (non-hydrogen) atoms. The fourth-order valence-electron chi connectivity index (χ4n) is 5.51. The Morgan fingerprint density at radius 3 is 1.95 bits per heavy atom. The molecule has 2 aromatic rings. The second-order valence-electron chi connectivity index (χ2n) is 10.7. The van der Waals surface area contributed by atoms with Crippen LogP contribution in [0.4, 0.5) is 50.0 Å². The highest BCUT2D eigenvalue weighted by Crippen LogP contribution is 2.42. The lowest BCUT2D eigenvalue weighted by atomic mass is 9.90. The number of amides is 1. The van der Waals surface area contributed by atoms with E-state index in [0.717, 1.165) is 36.3 Å². The largest absolute Gasteiger partial charge is 0.439 e. The molecule has 2 fully saturated rings. The van der Waals surface area contributed by atoms with Gasteiger partial charge >= 0.3 is 24.6 Å². The van der Waals surface area contributed by atoms with Crippen molar-refractivity contribution in [3.05, 3.63) is 64.2 Å². The van der Waals surface area contributed by atoms with Crippen LogP contribution in [0.5, 0.6) is 0 Å². The summed E-state index contributed by atoms with van der Waals surface area (Å²) in [6, 6.07) is 3.09. The van der Waals surface area contributed by atoms with E-state index in [4.69, 9.17) is 4.74 Å². The summed E-state index contributed by atoms with van der Waals surface area (Å²) < 4.78 is 127. The summed E-state index contributed by atoms with van der Waals surface area (Å²) in [5, 5.41) is 0. The number of alkyl halides is 9. The maximum atomic E-state index is 13.7. The van der Waals surface area contributed by atoms with Crippen molar-refractivity contribution in [2.24, 2.45) is 5.92 Å². The number of halogens is 9. The summed E-state index contributed by atoms with van der Waals surface area (Å²) in [5.41, 5.74) is -3.96. The Kier molecular flexibility index (Phi) is 8.23. The van der Waals surface area contributed by atoms with Crippen molar-refractivity contribution < 1.29 is 49.0 Å². The molecule has 4 rings (SSSR count). The molecule has 0 spiro atoms. The molecular formula is C28H29F9N2O2. The SMILES string of the molecule is CCC1CCC(C)N(c2ccc(C(F)(F)F)cc2CN2C(=O)O[C@H](c3cc(C(F)(F)F)cc(C(F)(F)F)c3)[C@@H]2C)C1. The number of cyclic esters (lactones) is 1. The maximum Gasteiger partial charge on any atom is 0.416 e. The van der Waals surface area contributed by atoms with Crippen LogP contribution < -0.4 is 4.90 Å². The number of nitrogens with zero attached hydrogens (tertiary/aromatic N) is 2. The molecule has 0 aromatic heterocycles. The predicted molar refractivity (Wildman–Crippen MR) is 132 cm³/mol. The lowest BCUT2D eigenvalue weighted by Gasteiger charge is -2.41. The molecule has 226 valence electrons. The number of hydrogen-bond acceptors (Lipinski definition) is 3. The third-order valence-electron chi connectivity index (χ3n) is 7.94. The summed E-state index contributed by atoms with van der Waals surface area (Å²) in [6.45, 7) is 5.53. The van der Waals surface area contributed by atoms with E-state index in [9.17, 15) is 44.3 Å². The second-order valence-corrected chi connectivity index (χ2v) is 10.7. The van der Waals surface area contributed by atoms with Gasteiger partial charge in [-0.25, -0.2) is 4.79 Å². The average molecular weight is 597 g/mol. The fourth-order valence-corrected chi connectivity index (χ4v) is 5.51. The van der Waals surface area contributed by atoms with Crippen molar-refractivity contribution in [1.82, 2.24) is 4.90 Å². The first-order valence-corrected chi connectivity index (χ1v) is 13.1. The average Bonchev–Trinajstić information content (AvgIpc) is 3.15. The first-order valence-electron chi connectivity index (χ1n) is 13.1. The minimum atomic E-state index is -5.10. The molecule has 2 aromatic carbocycles. The number of ether oxygens (including phenoxy) is 1. The minimum Gasteiger partial charge on any atom is -0.439 e. The molecule has 2 saturated heterocycles. The topological polar surface area (TPSA) is 32.8 Å². The Balaban J connectivity index is 1.72. The third-order valence-corrected chi connectivity index (χ3v) is 7.94. The summed E-state index contributed by atoms with van der Waals surface area (Å²) >= 11 is 0. The van der Waals surface area contributed by atoms with Crippen molar-refractivity contribution in [3.8, 4) is 0 Å². The molecule has 0 N–H and O–H groups in total. The van der Waals surface area contributed by atoms with Gasteiger partial charge in [0, 0.05) is 18.3 Å². The van der Waals surface area contributed by atoms with Gasteiger partial charge in [-0.2, -0.15) is 39.5 Å². The van der Waals surface area contributed by atoms with Crippen LogP contribution >= 0.6 is 0 Å². The second kappa shape index (κ2) is 10.9. The monoisotopic (exact) mass is 596 g/mol. The lowest BCUT2D eigenvalue weighted by molar-refractivity contribution is -0.143. The van der Waals surface area contributed by atoms with Crippen molar-refractivity contribution in [2.75, 3.05) is 11.4 Å². The van der Waals surface area contributed by atoms with Crippen LogP contribution in [0.2, 0.25) is 0 Å². The van der Waals surface area contributed by atoms with E-state index in [1.54, 1.807) is 0 Å². The number of hydrogen-bond donors (Lipinski definition) is 0. The minimum absolute atomic E-state index is 0.00474. The Morgan fingerprint density at radius 1 is 0.829 bits per heavy atom. The quantitative estimate of drug-likeness (QED) is 0.324. The maximum absolute atomic E-state index is 13.7. The van der Waals surface area contributed by atoms with E-state index in [0.29, 0.717) is 30.3 Å². The molecule has 1 amide bonds. The van der Waals surface area contributed by atoms with Crippen molar-refractivity contribution in [3.63, 3.8) is 0 Å². The predicted octanol–water partition coefficient (Wildman–Crippen LogP) is 8.84. The van der Waals surface area contributed by atoms with Gasteiger partial charge < -0.3 is 9.64 Å². The first kappa shape index (κ1) is 30.8. The van der Waals surface area contributed by atoms with E-state index in [1.165, 1.54) is 13.0 Å². The normalized spacial score (nSPS) is 24.1. The van der Waals surface area contributed by atoms with Crippen LogP contribution in [0.3, 0.4) is 0 Å². The van der Waals surface area contributed by atoms with Crippen molar-refractivity contribution in [2.45, 2.75) is 83.3 Å². The van der Waals surface area contributed by atoms with Gasteiger partial charge in [-0.3, -0.25) is 4.90 Å². The molecule has 0 saturated carbocycles. The third kappa shape index (κ3) is 6.53. The number of piperidine rings is 1. The molecule has 2 unspecified atom stereocenters. The van der Waals surface area contributed by atoms with Crippen LogP contribution in [0, 0.1) is 5.92 Å². The van der Waals surface area contributed by atoms with Gasteiger partial charge in [-0.05, 0) is 80.1 Å². The van der Waals surface area contributed by atoms with Gasteiger partial charge in [-0.1, -0.05) is 13.3 Å². The van der Waals surface area contributed by atoms with Crippen LogP contribution in [0.25, 0.3) is 0 Å². The van der Waals surface area contributed by atoms with Crippen molar-refractivity contribution >= 4 is 11.8 Å². The highest BCUT2D eigenvalue weighted by Gasteiger charge is 2.44. The van der Waals surface area contributed by atoms with Crippen LogP contribution in [-0.2, 0) is 29.8 Å². The number of anilines is 1. The van der Waals surface area contributed by atoms with E-state index < -0.39 is 59.0 Å². The summed E-state index contributed by atoms with van der Waals surface area (Å²) in [4.78, 5) is 15.9. The molecule has 4 atom stereocenters. The number of benzene rings is 2. The Morgan fingerprint density at radius 2 is 1.41 bits per heavy atom. The van der Waals surface area contributed by atoms with E-state index in [2.05, 4.69) is 0 Å². The summed E-state index contributed by atoms with van der Waals surface area (Å²) in [7, 11) is 0. The van der Waals surface area contributed by atoms with Crippen LogP contribution in [0.15, 0.2) is 36.4 Å². The Labute approximate surface area is 231 Å². The molecule has 13 heteroatoms. The van der Waals surface area contributed by atoms with Gasteiger partial charge in [-0.15, -0.1) is 0 Å². The molecular weight excluding hydrogens is 567 g/mol. The molecule has 2 aliphatic rings. The molecule has 2 heterocycles. The van der Waals surface area contributed by atoms with Gasteiger partial charge in [0.1, 0.15) is 6.10 Å². The van der Waals surface area contributed by atoms with Crippen LogP contribution in [-0.4, -0.2) is 29.6 Å². The standard InChI is InChI=1S/C28H29F9N2O2/c1-4-17-6-5-15(2)38(13-17)23-8-7-20(26(29,30)31)11-19(23)14-39-16(3)24(41-25(39)40)18-9-21(27(32,33)34)12-22(10-18)28(35,36)37/h7-12,15-17,24H,4-6,13-14H2,1-3H3/t15?,16-,17?,24-/m0/s1. The zero-order chi connectivity index (χ0) is 30.5. The zero-order valence-corrected chi connectivity index (χ0v) is 22.4. The highest BCUT2D eigenvalue weighted by atomic mass is 19.4. The van der Waals surface area contributed by atoms with Gasteiger partial charge in [0.15, 0.2) is 0 Å². The van der Waals surface area contributed by atoms with Crippen LogP contribution in [0.1, 0.15) is 74.0 Å². The highest BCUT2D eigenvalue weighted by molar-refractivity contribution is 5.72. The first-order chi connectivity index (χ1) is 18.9. The lowest BCUT2D eigenvalue weighted by Crippen LogP contribution is -2.42. The summed E-state index contributed by atoms with van der Waals surface area (Å²) in [6.07, 6.45) is -14.8. The molecule has 0 radical (unpaired) electrons. The molecule has 4 nitrogen and oxygen atoms in total. The summed E-state index contributed by atoms with van der Waals surface area (Å²) in [5.74, 6) is 0.310. The van der Waals surface area contributed by atoms with Gasteiger partial charge in [0.05, 0.1) is 29.3 Å². The number of carbonyl (C=O) groups excluding carboxylic acids is 1. The van der Waals surface area contributed by atoms with E-state index in [1.807, 2.05) is 18.7 Å². The van der Waals surface area contributed by atoms with E-state index >= 15 is 0 Å². The number of carbonyl (C=O) groups is 1. The molecule has 0 aliphatic carbocycles. The number of rotatable bonds is 5. The fraction of sp³-hybridized carbons (Fsp3) is 0.536. The smallest absolute Gasteiger partial charge is 0.416 e. The van der Waals surface area contributed by atoms with Gasteiger partial charge in [0.25, 0.3) is 0 Å². The Bertz CT molecular complexity index is 1240. The Hall–Kier alpha value is -3.12. The van der Waals surface area contributed by atoms with Crippen molar-refractivity contribution in [1.29, 1.82) is 0 Å². The zero-order valence-electron chi connectivity index (χ0n) is 22.4. The molecule has 0 bridgehead atoms. The van der Waals surface area contributed by atoms with Gasteiger partial charge in [0.2, 0.25) is 0 Å². The molecule has 2 aliphatic heterocycles.